The Hall–Kier alpha value is -1.53. The van der Waals surface area contributed by atoms with Crippen LogP contribution in [0.25, 0.3) is 0 Å². The van der Waals surface area contributed by atoms with Crippen molar-refractivity contribution in [1.82, 2.24) is 0 Å². The molecule has 0 N–H and O–H groups in total. The molecule has 1 heterocycles. The lowest BCUT2D eigenvalue weighted by atomic mass is 10.1. The minimum Gasteiger partial charge on any atom is -0.435 e. The van der Waals surface area contributed by atoms with Crippen LogP contribution in [-0.2, 0) is 28.2 Å². The second-order valence-electron chi connectivity index (χ2n) is 10.5. The number of hydrogen-bond acceptors (Lipinski definition) is 6. The van der Waals surface area contributed by atoms with E-state index in [2.05, 4.69) is 4.74 Å². The molecule has 1 aliphatic heterocycles. The van der Waals surface area contributed by atoms with Crippen LogP contribution < -0.4 is 0 Å². The lowest BCUT2D eigenvalue weighted by Gasteiger charge is -2.56. The van der Waals surface area contributed by atoms with Crippen molar-refractivity contribution in [2.45, 2.75) is 108 Å². The van der Waals surface area contributed by atoms with Gasteiger partial charge in [0.1, 0.15) is 0 Å². The Morgan fingerprint density at radius 3 is 2.00 bits per heavy atom. The Kier molecular flexibility index (Phi) is 10.8. The number of rotatable bonds is 12. The summed E-state index contributed by atoms with van der Waals surface area (Å²) in [5.74, 6) is -15.6. The maximum Gasteiger partial charge on any atom is 0.378 e. The Labute approximate surface area is 217 Å². The summed E-state index contributed by atoms with van der Waals surface area (Å²) in [6.07, 6.45) is -12.1. The van der Waals surface area contributed by atoms with Gasteiger partial charge in [-0.1, -0.05) is 13.5 Å². The van der Waals surface area contributed by atoms with Gasteiger partial charge in [-0.15, -0.1) is 0 Å². The van der Waals surface area contributed by atoms with Crippen LogP contribution in [-0.4, -0.2) is 75.8 Å². The molecule has 1 fully saturated rings. The van der Waals surface area contributed by atoms with Crippen molar-refractivity contribution >= 4 is 27.4 Å². The highest BCUT2D eigenvalue weighted by Gasteiger charge is 2.70. The number of halogens is 8. The van der Waals surface area contributed by atoms with Crippen LogP contribution in [0, 0.1) is 0 Å². The maximum absolute atomic E-state index is 13.7. The van der Waals surface area contributed by atoms with Gasteiger partial charge in [-0.2, -0.15) is 22.0 Å². The molecule has 0 aromatic rings. The van der Waals surface area contributed by atoms with Gasteiger partial charge in [0, 0.05) is 12.2 Å². The highest BCUT2D eigenvalue weighted by Crippen LogP contribution is 2.46. The molecule has 1 rings (SSSR count). The van der Waals surface area contributed by atoms with Crippen LogP contribution in [0.3, 0.4) is 0 Å². The van der Waals surface area contributed by atoms with E-state index in [1.807, 2.05) is 40.4 Å². The van der Waals surface area contributed by atoms with Gasteiger partial charge in [-0.25, -0.2) is 22.8 Å². The van der Waals surface area contributed by atoms with E-state index in [1.54, 1.807) is 6.92 Å². The second-order valence-corrected chi connectivity index (χ2v) is 24.7. The summed E-state index contributed by atoms with van der Waals surface area (Å²) in [5, 5.41) is 0. The first-order valence-electron chi connectivity index (χ1n) is 11.8. The molecule has 0 amide bonds. The molecule has 0 aromatic heterocycles. The monoisotopic (exact) mass is 602 g/mol. The van der Waals surface area contributed by atoms with Gasteiger partial charge in [0.2, 0.25) is 6.17 Å². The molecule has 4 atom stereocenters. The molecule has 0 saturated carbocycles. The summed E-state index contributed by atoms with van der Waals surface area (Å²) in [7, 11) is -5.21. The summed E-state index contributed by atoms with van der Waals surface area (Å²) in [6.45, 7) is 13.4. The summed E-state index contributed by atoms with van der Waals surface area (Å²) < 4.78 is 126. The van der Waals surface area contributed by atoms with Gasteiger partial charge < -0.3 is 18.6 Å². The van der Waals surface area contributed by atoms with E-state index in [1.165, 1.54) is 0 Å². The lowest BCUT2D eigenvalue weighted by molar-refractivity contribution is -0.312. The van der Waals surface area contributed by atoms with Gasteiger partial charge in [0.05, 0.1) is 12.2 Å². The van der Waals surface area contributed by atoms with E-state index >= 15 is 0 Å². The lowest BCUT2D eigenvalue weighted by Crippen LogP contribution is -2.76. The fourth-order valence-electron chi connectivity index (χ4n) is 4.15. The molecule has 0 bridgehead atoms. The molecular weight excluding hydrogens is 568 g/mol. The quantitative estimate of drug-likeness (QED) is 0.0892. The van der Waals surface area contributed by atoms with Gasteiger partial charge in [-0.05, 0) is 52.8 Å². The fraction of sp³-hybridized carbons (Fsp3) is 0.818. The highest BCUT2D eigenvalue weighted by molar-refractivity contribution is 7.39. The molecule has 1 saturated heterocycles. The molecule has 0 spiro atoms. The molecule has 1 aliphatic rings. The predicted octanol–water partition coefficient (Wildman–Crippen LogP) is 6.04. The van der Waals surface area contributed by atoms with Crippen molar-refractivity contribution in [3.63, 3.8) is 0 Å². The highest BCUT2D eigenvalue weighted by atomic mass is 29.3. The Balaban J connectivity index is 3.06. The van der Waals surface area contributed by atoms with Crippen LogP contribution in [0.2, 0.25) is 25.7 Å². The third kappa shape index (κ3) is 7.16. The smallest absolute Gasteiger partial charge is 0.378 e. The second kappa shape index (κ2) is 11.9. The molecule has 16 heteroatoms. The number of esters is 2. The van der Waals surface area contributed by atoms with Crippen molar-refractivity contribution in [3.8, 4) is 0 Å². The van der Waals surface area contributed by atoms with E-state index in [-0.39, 0.29) is 12.7 Å². The Morgan fingerprint density at radius 2 is 1.53 bits per heavy atom. The number of carbonyl (C=O) groups excluding carboxylic acids is 2. The summed E-state index contributed by atoms with van der Waals surface area (Å²) in [6, 6.07) is 0.666. The topological polar surface area (TPSA) is 71.1 Å². The maximum atomic E-state index is 13.7. The van der Waals surface area contributed by atoms with Crippen molar-refractivity contribution in [1.29, 1.82) is 0 Å². The predicted molar refractivity (Wildman–Crippen MR) is 125 cm³/mol. The summed E-state index contributed by atoms with van der Waals surface area (Å²) >= 11 is 0. The van der Waals surface area contributed by atoms with Crippen LogP contribution in [0.5, 0.6) is 0 Å². The Bertz CT molecular complexity index is 888. The van der Waals surface area contributed by atoms with E-state index < -0.39 is 69.2 Å². The van der Waals surface area contributed by atoms with Gasteiger partial charge in [-0.3, -0.25) is 0 Å². The SMILES string of the molecule is CCCOC(C)(OC(=O)C=CC(=O)OC(F)C(F)(F)C(F)(F)C(F)C(F)F)[Si]1(C)CCC(C)(C)O[Si]1(C)C. The number of hydrogen-bond donors (Lipinski definition) is 0. The first-order valence-corrected chi connectivity index (χ1v) is 18.4. The normalized spacial score (nSPS) is 25.1. The van der Waals surface area contributed by atoms with Crippen LogP contribution >= 0.6 is 0 Å². The van der Waals surface area contributed by atoms with Gasteiger partial charge >= 0.3 is 30.1 Å². The van der Waals surface area contributed by atoms with E-state index in [9.17, 15) is 44.7 Å². The minimum absolute atomic E-state index is 0.121. The van der Waals surface area contributed by atoms with Crippen LogP contribution in [0.4, 0.5) is 35.1 Å². The van der Waals surface area contributed by atoms with Crippen LogP contribution in [0.15, 0.2) is 12.2 Å². The van der Waals surface area contributed by atoms with Crippen molar-refractivity contribution in [2.24, 2.45) is 0 Å². The van der Waals surface area contributed by atoms with E-state index in [0.717, 1.165) is 0 Å². The molecule has 0 aromatic carbocycles. The van der Waals surface area contributed by atoms with Crippen molar-refractivity contribution in [2.75, 3.05) is 6.61 Å². The fourth-order valence-corrected chi connectivity index (χ4v) is 17.2. The van der Waals surface area contributed by atoms with Crippen LogP contribution in [0.1, 0.15) is 40.5 Å². The van der Waals surface area contributed by atoms with E-state index in [0.29, 0.717) is 25.0 Å². The Morgan fingerprint density at radius 1 is 1.00 bits per heavy atom. The molecule has 6 nitrogen and oxygen atoms in total. The molecule has 0 radical (unpaired) electrons. The zero-order valence-corrected chi connectivity index (χ0v) is 24.2. The number of alkyl halides is 8. The molecular formula is C22H34F8O6Si2. The van der Waals surface area contributed by atoms with Crippen molar-refractivity contribution in [3.05, 3.63) is 12.2 Å². The first-order chi connectivity index (χ1) is 17.0. The van der Waals surface area contributed by atoms with Gasteiger partial charge in [0.15, 0.2) is 20.8 Å². The largest absolute Gasteiger partial charge is 0.435 e. The molecule has 0 aliphatic carbocycles. The van der Waals surface area contributed by atoms with E-state index in [4.69, 9.17) is 13.9 Å². The van der Waals surface area contributed by atoms with Gasteiger partial charge in [0.25, 0.3) is 6.43 Å². The summed E-state index contributed by atoms with van der Waals surface area (Å²) in [4.78, 5) is 24.3. The third-order valence-corrected chi connectivity index (χ3v) is 24.5. The number of ether oxygens (including phenoxy) is 3. The number of carbonyl (C=O) groups is 2. The zero-order chi connectivity index (χ0) is 30.0. The first kappa shape index (κ1) is 34.5. The molecule has 38 heavy (non-hydrogen) atoms. The molecule has 222 valence electrons. The minimum atomic E-state index is -6.20. The standard InChI is InChI=1S/C22H34F8O6Si2/c1-8-12-33-20(4,38(7)13-11-19(2,3)36-37(38,5)6)35-15(32)10-9-14(31)34-18(26)22(29,30)21(27,28)16(23)17(24)25/h9-10,16-18H,8,11-13H2,1-7H3. The third-order valence-electron chi connectivity index (χ3n) is 6.84. The van der Waals surface area contributed by atoms with Crippen molar-refractivity contribution < 1.29 is 63.3 Å². The average Bonchev–Trinajstić information content (AvgIpc) is 2.77. The summed E-state index contributed by atoms with van der Waals surface area (Å²) in [5.41, 5.74) is -1.86. The average molecular weight is 603 g/mol. The zero-order valence-electron chi connectivity index (χ0n) is 22.2. The molecule has 4 unspecified atom stereocenters.